The third-order valence-corrected chi connectivity index (χ3v) is 2.33. The Hall–Kier alpha value is -1.65. The molecule has 0 bridgehead atoms. The molecule has 1 rings (SSSR count). The number of amides is 1. The highest BCUT2D eigenvalue weighted by molar-refractivity contribution is 9.10. The fourth-order valence-electron chi connectivity index (χ4n) is 0.971. The van der Waals surface area contributed by atoms with Crippen molar-refractivity contribution < 1.29 is 4.79 Å². The molecule has 0 aromatic heterocycles. The Balaban J connectivity index is 2.40. The van der Waals surface area contributed by atoms with E-state index >= 15 is 0 Å². The lowest BCUT2D eigenvalue weighted by atomic mass is 10.3. The van der Waals surface area contributed by atoms with Crippen molar-refractivity contribution in [2.75, 3.05) is 5.32 Å². The first-order valence-corrected chi connectivity index (χ1v) is 5.80. The molecule has 0 saturated heterocycles. The van der Waals surface area contributed by atoms with Crippen molar-refractivity contribution in [3.8, 4) is 6.07 Å². The zero-order valence-corrected chi connectivity index (χ0v) is 11.1. The number of carbonyl (C=O) groups excluding carboxylic acids is 1. The van der Waals surface area contributed by atoms with E-state index in [1.54, 1.807) is 6.07 Å². The summed E-state index contributed by atoms with van der Waals surface area (Å²) < 4.78 is 0.916. The first kappa shape index (κ1) is 13.4. The van der Waals surface area contributed by atoms with Crippen molar-refractivity contribution in [1.29, 1.82) is 5.26 Å². The summed E-state index contributed by atoms with van der Waals surface area (Å²) >= 11 is 8.27. The summed E-state index contributed by atoms with van der Waals surface area (Å²) in [6.45, 7) is 0. The number of anilines is 1. The Morgan fingerprint density at radius 2 is 2.24 bits per heavy atom. The number of hydrogen-bond acceptors (Lipinski definition) is 3. The van der Waals surface area contributed by atoms with Gasteiger partial charge in [0.25, 0.3) is 5.91 Å². The van der Waals surface area contributed by atoms with Gasteiger partial charge < -0.3 is 5.32 Å². The van der Waals surface area contributed by atoms with Crippen LogP contribution >= 0.6 is 28.1 Å². The number of halogens is 1. The van der Waals surface area contributed by atoms with Crippen molar-refractivity contribution in [1.82, 2.24) is 10.9 Å². The zero-order valence-electron chi connectivity index (χ0n) is 8.66. The molecular formula is C10H9BrN4OS. The molecule has 17 heavy (non-hydrogen) atoms. The first-order chi connectivity index (χ1) is 8.11. The Labute approximate surface area is 112 Å². The molecular weight excluding hydrogens is 304 g/mol. The third kappa shape index (κ3) is 5.29. The molecule has 0 atom stereocenters. The number of nitrogens with zero attached hydrogens (tertiary/aromatic N) is 1. The van der Waals surface area contributed by atoms with E-state index in [1.807, 2.05) is 24.3 Å². The molecule has 1 aromatic rings. The van der Waals surface area contributed by atoms with Crippen LogP contribution in [0.15, 0.2) is 28.7 Å². The SMILES string of the molecule is N#CCC(=O)NNC(=S)Nc1cccc(Br)c1. The average Bonchev–Trinajstić information content (AvgIpc) is 2.27. The zero-order chi connectivity index (χ0) is 12.7. The lowest BCUT2D eigenvalue weighted by Crippen LogP contribution is -2.43. The molecule has 0 aliphatic carbocycles. The van der Waals surface area contributed by atoms with Crippen molar-refractivity contribution in [2.45, 2.75) is 6.42 Å². The van der Waals surface area contributed by atoms with Crippen LogP contribution in [-0.4, -0.2) is 11.0 Å². The predicted molar refractivity (Wildman–Crippen MR) is 71.9 cm³/mol. The van der Waals surface area contributed by atoms with Gasteiger partial charge in [0.1, 0.15) is 6.42 Å². The minimum Gasteiger partial charge on any atom is -0.331 e. The van der Waals surface area contributed by atoms with Crippen LogP contribution in [0.1, 0.15) is 6.42 Å². The minimum atomic E-state index is -0.439. The van der Waals surface area contributed by atoms with Crippen LogP contribution in [0.3, 0.4) is 0 Å². The lowest BCUT2D eigenvalue weighted by Gasteiger charge is -2.10. The Morgan fingerprint density at radius 1 is 1.47 bits per heavy atom. The molecule has 0 spiro atoms. The van der Waals surface area contributed by atoms with Gasteiger partial charge in [-0.25, -0.2) is 0 Å². The number of thiocarbonyl (C=S) groups is 1. The van der Waals surface area contributed by atoms with Crippen LogP contribution in [0.2, 0.25) is 0 Å². The minimum absolute atomic E-state index is 0.216. The van der Waals surface area contributed by atoms with Gasteiger partial charge in [-0.3, -0.25) is 15.6 Å². The van der Waals surface area contributed by atoms with Crippen molar-refractivity contribution in [2.24, 2.45) is 0 Å². The molecule has 3 N–H and O–H groups in total. The maximum absolute atomic E-state index is 11.0. The second-order valence-electron chi connectivity index (χ2n) is 2.97. The fraction of sp³-hybridized carbons (Fsp3) is 0.100. The Kier molecular flexibility index (Phi) is 5.39. The third-order valence-electron chi connectivity index (χ3n) is 1.64. The molecule has 1 aromatic carbocycles. The summed E-state index contributed by atoms with van der Waals surface area (Å²) in [7, 11) is 0. The molecule has 0 heterocycles. The van der Waals surface area contributed by atoms with Gasteiger partial charge in [0, 0.05) is 10.2 Å². The molecule has 0 aliphatic heterocycles. The van der Waals surface area contributed by atoms with Gasteiger partial charge in [0.15, 0.2) is 5.11 Å². The van der Waals surface area contributed by atoms with Crippen molar-refractivity contribution >= 4 is 44.9 Å². The molecule has 0 fully saturated rings. The van der Waals surface area contributed by atoms with E-state index < -0.39 is 5.91 Å². The highest BCUT2D eigenvalue weighted by Crippen LogP contribution is 2.15. The summed E-state index contributed by atoms with van der Waals surface area (Å²) in [6, 6.07) is 9.13. The molecule has 7 heteroatoms. The van der Waals surface area contributed by atoms with E-state index in [1.165, 1.54) is 0 Å². The maximum atomic E-state index is 11.0. The molecule has 0 saturated carbocycles. The van der Waals surface area contributed by atoms with Crippen LogP contribution in [0.25, 0.3) is 0 Å². The van der Waals surface area contributed by atoms with Gasteiger partial charge in [-0.2, -0.15) is 5.26 Å². The van der Waals surface area contributed by atoms with Crippen LogP contribution in [0, 0.1) is 11.3 Å². The van der Waals surface area contributed by atoms with E-state index in [2.05, 4.69) is 32.1 Å². The number of nitrogens with one attached hydrogen (secondary N) is 3. The van der Waals surface area contributed by atoms with Gasteiger partial charge in [-0.15, -0.1) is 0 Å². The van der Waals surface area contributed by atoms with Gasteiger partial charge in [0.2, 0.25) is 0 Å². The molecule has 1 amide bonds. The van der Waals surface area contributed by atoms with Crippen LogP contribution < -0.4 is 16.2 Å². The molecule has 88 valence electrons. The van der Waals surface area contributed by atoms with Gasteiger partial charge in [-0.1, -0.05) is 22.0 Å². The topological polar surface area (TPSA) is 77.0 Å². The van der Waals surface area contributed by atoms with E-state index in [4.69, 9.17) is 17.5 Å². The summed E-state index contributed by atoms with van der Waals surface area (Å²) in [5.74, 6) is -0.439. The average molecular weight is 313 g/mol. The lowest BCUT2D eigenvalue weighted by molar-refractivity contribution is -0.120. The smallest absolute Gasteiger partial charge is 0.252 e. The number of carbonyl (C=O) groups is 1. The van der Waals surface area contributed by atoms with Crippen molar-refractivity contribution in [3.63, 3.8) is 0 Å². The van der Waals surface area contributed by atoms with Gasteiger partial charge in [-0.05, 0) is 30.4 Å². The molecule has 0 unspecified atom stereocenters. The summed E-state index contributed by atoms with van der Waals surface area (Å²) in [5, 5.41) is 11.4. The fourth-order valence-corrected chi connectivity index (χ4v) is 1.54. The number of rotatable bonds is 2. The van der Waals surface area contributed by atoms with E-state index in [0.29, 0.717) is 0 Å². The van der Waals surface area contributed by atoms with Crippen LogP contribution in [0.5, 0.6) is 0 Å². The number of benzene rings is 1. The van der Waals surface area contributed by atoms with Gasteiger partial charge >= 0.3 is 0 Å². The summed E-state index contributed by atoms with van der Waals surface area (Å²) in [5.41, 5.74) is 5.56. The summed E-state index contributed by atoms with van der Waals surface area (Å²) in [4.78, 5) is 11.0. The second-order valence-corrected chi connectivity index (χ2v) is 4.30. The molecule has 0 aliphatic rings. The highest BCUT2D eigenvalue weighted by Gasteiger charge is 2.01. The van der Waals surface area contributed by atoms with E-state index in [9.17, 15) is 4.79 Å². The van der Waals surface area contributed by atoms with E-state index in [0.717, 1.165) is 10.2 Å². The largest absolute Gasteiger partial charge is 0.331 e. The van der Waals surface area contributed by atoms with Gasteiger partial charge in [0.05, 0.1) is 6.07 Å². The van der Waals surface area contributed by atoms with E-state index in [-0.39, 0.29) is 11.5 Å². The second kappa shape index (κ2) is 6.83. The predicted octanol–water partition coefficient (Wildman–Crippen LogP) is 1.68. The van der Waals surface area contributed by atoms with Crippen LogP contribution in [-0.2, 0) is 4.79 Å². The molecule has 5 nitrogen and oxygen atoms in total. The standard InChI is InChI=1S/C10H9BrN4OS/c11-7-2-1-3-8(6-7)13-10(17)15-14-9(16)4-5-12/h1-3,6H,4H2,(H,14,16)(H2,13,15,17). The Morgan fingerprint density at radius 3 is 2.88 bits per heavy atom. The normalized spacial score (nSPS) is 8.94. The number of nitriles is 1. The molecule has 0 radical (unpaired) electrons. The van der Waals surface area contributed by atoms with Crippen LogP contribution in [0.4, 0.5) is 5.69 Å². The highest BCUT2D eigenvalue weighted by atomic mass is 79.9. The number of hydrazine groups is 1. The Bertz CT molecular complexity index is 472. The summed E-state index contributed by atoms with van der Waals surface area (Å²) in [6.07, 6.45) is -0.216. The quantitative estimate of drug-likeness (QED) is 0.572. The first-order valence-electron chi connectivity index (χ1n) is 4.60. The number of hydrogen-bond donors (Lipinski definition) is 3. The van der Waals surface area contributed by atoms with Crippen molar-refractivity contribution in [3.05, 3.63) is 28.7 Å². The maximum Gasteiger partial charge on any atom is 0.252 e. The monoisotopic (exact) mass is 312 g/mol.